The lowest BCUT2D eigenvalue weighted by Crippen LogP contribution is -2.51. The fourth-order valence-corrected chi connectivity index (χ4v) is 10.5. The van der Waals surface area contributed by atoms with Crippen molar-refractivity contribution in [1.82, 2.24) is 5.32 Å². The summed E-state index contributed by atoms with van der Waals surface area (Å²) in [6.07, 6.45) is 17.3. The summed E-state index contributed by atoms with van der Waals surface area (Å²) in [6.45, 7) is 11.4. The average molecular weight is 574 g/mol. The molecule has 0 aromatic heterocycles. The molecule has 6 heteroatoms. The summed E-state index contributed by atoms with van der Waals surface area (Å²) < 4.78 is 11.8. The number of ether oxygens (including phenoxy) is 2. The van der Waals surface area contributed by atoms with Crippen molar-refractivity contribution in [3.05, 3.63) is 11.6 Å². The second kappa shape index (κ2) is 13.3. The molecule has 3 N–H and O–H groups in total. The van der Waals surface area contributed by atoms with Crippen LogP contribution in [0, 0.1) is 46.3 Å². The lowest BCUT2D eigenvalue weighted by Gasteiger charge is -2.58. The van der Waals surface area contributed by atoms with Gasteiger partial charge in [0.25, 0.3) is 0 Å². The first-order valence-corrected chi connectivity index (χ1v) is 17.2. The number of carbonyl (C=O) groups excluding carboxylic acids is 1. The molecule has 0 bridgehead atoms. The van der Waals surface area contributed by atoms with Gasteiger partial charge in [0, 0.05) is 32.1 Å². The first-order chi connectivity index (χ1) is 19.7. The number of hydrogen-bond donors (Lipinski definition) is 3. The highest BCUT2D eigenvalue weighted by atomic mass is 16.6. The summed E-state index contributed by atoms with van der Waals surface area (Å²) in [5.41, 5.74) is 2.40. The van der Waals surface area contributed by atoms with Gasteiger partial charge in [-0.3, -0.25) is 0 Å². The van der Waals surface area contributed by atoms with Crippen LogP contribution in [-0.2, 0) is 9.47 Å². The average Bonchev–Trinajstić information content (AvgIpc) is 3.49. The minimum Gasteiger partial charge on any atom is -0.446 e. The number of allylic oxidation sites excluding steroid dienone is 1. The van der Waals surface area contributed by atoms with Crippen molar-refractivity contribution < 1.29 is 24.5 Å². The monoisotopic (exact) mass is 573 g/mol. The van der Waals surface area contributed by atoms with Gasteiger partial charge in [-0.1, -0.05) is 52.2 Å². The van der Waals surface area contributed by atoms with Crippen molar-refractivity contribution in [2.75, 3.05) is 19.8 Å². The zero-order chi connectivity index (χ0) is 29.2. The van der Waals surface area contributed by atoms with Gasteiger partial charge in [0.2, 0.25) is 0 Å². The van der Waals surface area contributed by atoms with Crippen LogP contribution in [0.4, 0.5) is 4.79 Å². The van der Waals surface area contributed by atoms with Crippen LogP contribution in [-0.4, -0.2) is 54.4 Å². The SMILES string of the molecule is CC(C)[C@H]1CC[C@H]2C3CC=C4C[C@@H](OC(=O)NCCCCCCO[C@H]5C[C@H](CO)[C@@H](O)C5)CC[C@]4(C)[C@H]3CC[C@]12C. The zero-order valence-corrected chi connectivity index (χ0v) is 26.4. The Morgan fingerprint density at radius 2 is 1.83 bits per heavy atom. The lowest BCUT2D eigenvalue weighted by molar-refractivity contribution is -0.0564. The molecule has 0 aromatic carbocycles. The Morgan fingerprint density at radius 3 is 2.59 bits per heavy atom. The molecule has 0 radical (unpaired) electrons. The number of hydrogen-bond acceptors (Lipinski definition) is 5. The molecule has 1 unspecified atom stereocenters. The molecule has 5 aliphatic rings. The lowest BCUT2D eigenvalue weighted by atomic mass is 9.47. The molecule has 6 nitrogen and oxygen atoms in total. The highest BCUT2D eigenvalue weighted by molar-refractivity contribution is 5.67. The summed E-state index contributed by atoms with van der Waals surface area (Å²) in [7, 11) is 0. The van der Waals surface area contributed by atoms with Crippen molar-refractivity contribution in [1.29, 1.82) is 0 Å². The molecule has 0 aromatic rings. The Balaban J connectivity index is 0.991. The normalized spacial score (nSPS) is 41.9. The van der Waals surface area contributed by atoms with Crippen LogP contribution in [0.25, 0.3) is 0 Å². The molecule has 0 spiro atoms. The van der Waals surface area contributed by atoms with E-state index in [-0.39, 0.29) is 30.8 Å². The Kier molecular flexibility index (Phi) is 10.1. The molecule has 1 amide bonds. The maximum absolute atomic E-state index is 12.6. The molecule has 234 valence electrons. The van der Waals surface area contributed by atoms with Gasteiger partial charge in [0.15, 0.2) is 0 Å². The molecule has 5 rings (SSSR count). The molecule has 4 fully saturated rings. The molecular weight excluding hydrogens is 514 g/mol. The number of nitrogens with one attached hydrogen (secondary N) is 1. The Morgan fingerprint density at radius 1 is 1.02 bits per heavy atom. The molecule has 4 saturated carbocycles. The van der Waals surface area contributed by atoms with E-state index in [9.17, 15) is 15.0 Å². The number of amides is 1. The minimum atomic E-state index is -0.432. The predicted molar refractivity (Wildman–Crippen MR) is 162 cm³/mol. The first-order valence-electron chi connectivity index (χ1n) is 17.2. The van der Waals surface area contributed by atoms with E-state index < -0.39 is 6.10 Å². The van der Waals surface area contributed by atoms with Crippen molar-refractivity contribution in [3.8, 4) is 0 Å². The fourth-order valence-electron chi connectivity index (χ4n) is 10.5. The van der Waals surface area contributed by atoms with Gasteiger partial charge in [-0.25, -0.2) is 4.79 Å². The molecule has 0 saturated heterocycles. The molecule has 5 aliphatic carbocycles. The second-order valence-corrected chi connectivity index (χ2v) is 15.3. The smallest absolute Gasteiger partial charge is 0.407 e. The Labute approximate surface area is 249 Å². The maximum atomic E-state index is 12.6. The van der Waals surface area contributed by atoms with E-state index in [0.29, 0.717) is 30.4 Å². The third-order valence-corrected chi connectivity index (χ3v) is 12.8. The summed E-state index contributed by atoms with van der Waals surface area (Å²) in [4.78, 5) is 12.6. The van der Waals surface area contributed by atoms with Crippen LogP contribution < -0.4 is 5.32 Å². The van der Waals surface area contributed by atoms with Crippen molar-refractivity contribution in [3.63, 3.8) is 0 Å². The number of unbranched alkanes of at least 4 members (excludes halogenated alkanes) is 3. The number of aliphatic hydroxyl groups is 2. The highest BCUT2D eigenvalue weighted by Crippen LogP contribution is 2.67. The van der Waals surface area contributed by atoms with E-state index in [4.69, 9.17) is 9.47 Å². The topological polar surface area (TPSA) is 88.0 Å². The van der Waals surface area contributed by atoms with E-state index in [1.165, 1.54) is 32.1 Å². The quantitative estimate of drug-likeness (QED) is 0.183. The summed E-state index contributed by atoms with van der Waals surface area (Å²) >= 11 is 0. The number of fused-ring (bicyclic) bond motifs is 5. The van der Waals surface area contributed by atoms with Crippen molar-refractivity contribution in [2.45, 2.75) is 136 Å². The largest absolute Gasteiger partial charge is 0.446 e. The minimum absolute atomic E-state index is 0.00761. The van der Waals surface area contributed by atoms with Crippen LogP contribution in [0.2, 0.25) is 0 Å². The zero-order valence-electron chi connectivity index (χ0n) is 26.4. The number of rotatable bonds is 11. The van der Waals surface area contributed by atoms with Gasteiger partial charge in [-0.15, -0.1) is 0 Å². The van der Waals surface area contributed by atoms with E-state index in [0.717, 1.165) is 81.0 Å². The van der Waals surface area contributed by atoms with Crippen molar-refractivity contribution in [2.24, 2.45) is 46.3 Å². The standard InChI is InChI=1S/C35H59NO5/c1-23(2)29-11-12-30-28-10-9-25-20-26(13-15-34(25,3)31(28)14-16-35(29,30)4)41-33(39)36-17-7-5-6-8-18-40-27-19-24(22-37)32(38)21-27/h9,23-24,26-32,37-38H,5-8,10-22H2,1-4H3,(H,36,39)/t24-,26+,27+,28?,29-,30+,31+,32+,34+,35-/m1/s1. The van der Waals surface area contributed by atoms with E-state index in [1.54, 1.807) is 5.57 Å². The third kappa shape index (κ3) is 6.55. The third-order valence-electron chi connectivity index (χ3n) is 12.8. The second-order valence-electron chi connectivity index (χ2n) is 15.3. The van der Waals surface area contributed by atoms with Gasteiger partial charge < -0.3 is 25.0 Å². The van der Waals surface area contributed by atoms with Crippen LogP contribution >= 0.6 is 0 Å². The maximum Gasteiger partial charge on any atom is 0.407 e. The molecular formula is C35H59NO5. The fraction of sp³-hybridized carbons (Fsp3) is 0.914. The highest BCUT2D eigenvalue weighted by Gasteiger charge is 2.59. The molecule has 41 heavy (non-hydrogen) atoms. The van der Waals surface area contributed by atoms with E-state index >= 15 is 0 Å². The predicted octanol–water partition coefficient (Wildman–Crippen LogP) is 7.03. The van der Waals surface area contributed by atoms with E-state index in [2.05, 4.69) is 39.1 Å². The van der Waals surface area contributed by atoms with Gasteiger partial charge in [-0.2, -0.15) is 0 Å². The summed E-state index contributed by atoms with van der Waals surface area (Å²) in [5, 5.41) is 22.1. The molecule has 0 heterocycles. The van der Waals surface area contributed by atoms with Gasteiger partial charge >= 0.3 is 6.09 Å². The van der Waals surface area contributed by atoms with Crippen molar-refractivity contribution >= 4 is 6.09 Å². The summed E-state index contributed by atoms with van der Waals surface area (Å²) in [6, 6.07) is 0. The van der Waals surface area contributed by atoms with E-state index in [1.807, 2.05) is 0 Å². The number of carbonyl (C=O) groups is 1. The van der Waals surface area contributed by atoms with Gasteiger partial charge in [0.05, 0.1) is 12.2 Å². The molecule has 0 aliphatic heterocycles. The number of alkyl carbamates (subject to hydrolysis) is 1. The number of aliphatic hydroxyl groups excluding tert-OH is 2. The first kappa shape index (κ1) is 31.3. The molecule has 10 atom stereocenters. The van der Waals surface area contributed by atoms with Gasteiger partial charge in [0.1, 0.15) is 6.10 Å². The Bertz CT molecular complexity index is 920. The summed E-state index contributed by atoms with van der Waals surface area (Å²) in [5.74, 6) is 4.18. The Hall–Kier alpha value is -1.11. The van der Waals surface area contributed by atoms with Crippen LogP contribution in [0.15, 0.2) is 11.6 Å². The van der Waals surface area contributed by atoms with Crippen LogP contribution in [0.5, 0.6) is 0 Å². The van der Waals surface area contributed by atoms with Crippen LogP contribution in [0.1, 0.15) is 118 Å². The van der Waals surface area contributed by atoms with Crippen LogP contribution in [0.3, 0.4) is 0 Å². The van der Waals surface area contributed by atoms with Gasteiger partial charge in [-0.05, 0) is 111 Å².